The van der Waals surface area contributed by atoms with Gasteiger partial charge in [-0.15, -0.1) is 0 Å². The molecule has 2 N–H and O–H groups in total. The van der Waals surface area contributed by atoms with Gasteiger partial charge in [-0.2, -0.15) is 0 Å². The quantitative estimate of drug-likeness (QED) is 0.287. The number of aryl methyl sites for hydroxylation is 1. The summed E-state index contributed by atoms with van der Waals surface area (Å²) in [5, 5.41) is 12.2. The van der Waals surface area contributed by atoms with E-state index >= 15 is 0 Å². The van der Waals surface area contributed by atoms with Gasteiger partial charge in [-0.25, -0.2) is 9.18 Å². The molecule has 0 bridgehead atoms. The van der Waals surface area contributed by atoms with Gasteiger partial charge < -0.3 is 15.3 Å². The van der Waals surface area contributed by atoms with Crippen molar-refractivity contribution >= 4 is 62.6 Å². The number of hydrogen-bond acceptors (Lipinski definition) is 6. The van der Waals surface area contributed by atoms with Crippen LogP contribution in [0.4, 0.5) is 21.6 Å². The second-order valence-corrected chi connectivity index (χ2v) is 11.1. The fourth-order valence-corrected chi connectivity index (χ4v) is 5.35. The zero-order chi connectivity index (χ0) is 29.7. The van der Waals surface area contributed by atoms with Gasteiger partial charge in [-0.1, -0.05) is 6.07 Å². The molecule has 1 aliphatic carbocycles. The normalized spacial score (nSPS) is 12.9. The van der Waals surface area contributed by atoms with Gasteiger partial charge in [-0.3, -0.25) is 32.9 Å². The van der Waals surface area contributed by atoms with E-state index < -0.39 is 41.0 Å². The Kier molecular flexibility index (Phi) is 7.32. The molecule has 0 radical (unpaired) electrons. The van der Waals surface area contributed by atoms with Gasteiger partial charge in [0.05, 0.1) is 16.9 Å². The summed E-state index contributed by atoms with van der Waals surface area (Å²) >= 11 is 1.97. The Morgan fingerprint density at radius 1 is 1.12 bits per heavy atom. The van der Waals surface area contributed by atoms with Crippen LogP contribution in [0.25, 0.3) is 16.6 Å². The van der Waals surface area contributed by atoms with E-state index in [1.807, 2.05) is 22.6 Å². The zero-order valence-electron chi connectivity index (χ0n) is 22.3. The van der Waals surface area contributed by atoms with Crippen molar-refractivity contribution in [3.8, 4) is 5.69 Å². The van der Waals surface area contributed by atoms with Crippen molar-refractivity contribution in [1.29, 1.82) is 0 Å². The van der Waals surface area contributed by atoms with Crippen molar-refractivity contribution in [3.63, 3.8) is 0 Å². The number of pyridine rings is 1. The van der Waals surface area contributed by atoms with Crippen LogP contribution in [0.5, 0.6) is 0 Å². The summed E-state index contributed by atoms with van der Waals surface area (Å²) in [6.07, 6.45) is 1.22. The fourth-order valence-electron chi connectivity index (χ4n) is 4.89. The second-order valence-electron chi connectivity index (χ2n) is 9.85. The summed E-state index contributed by atoms with van der Waals surface area (Å²) < 4.78 is 19.1. The smallest absolute Gasteiger partial charge is 0.336 e. The molecule has 212 valence electrons. The minimum Gasteiger partial charge on any atom is -0.480 e. The average molecular weight is 673 g/mol. The van der Waals surface area contributed by atoms with E-state index in [0.29, 0.717) is 16.4 Å². The van der Waals surface area contributed by atoms with Crippen LogP contribution in [-0.4, -0.2) is 37.2 Å². The first-order chi connectivity index (χ1) is 19.4. The Morgan fingerprint density at radius 3 is 2.44 bits per heavy atom. The molecule has 0 saturated heterocycles. The van der Waals surface area contributed by atoms with E-state index in [9.17, 15) is 33.5 Å². The third kappa shape index (κ3) is 5.05. The third-order valence-electron chi connectivity index (χ3n) is 7.01. The van der Waals surface area contributed by atoms with E-state index in [-0.39, 0.29) is 45.4 Å². The topological polar surface area (TPSA) is 136 Å². The Balaban J connectivity index is 1.87. The molecular formula is C28H25FIN5O6. The first-order valence-corrected chi connectivity index (χ1v) is 13.7. The van der Waals surface area contributed by atoms with Crippen LogP contribution in [-0.2, 0) is 16.6 Å². The highest BCUT2D eigenvalue weighted by Gasteiger charge is 2.32. The van der Waals surface area contributed by atoms with Crippen molar-refractivity contribution in [2.45, 2.75) is 32.7 Å². The van der Waals surface area contributed by atoms with Crippen molar-refractivity contribution in [1.82, 2.24) is 13.7 Å². The van der Waals surface area contributed by atoms with Crippen molar-refractivity contribution in [3.05, 3.63) is 88.6 Å². The Morgan fingerprint density at radius 2 is 1.83 bits per heavy atom. The molecular weight excluding hydrogens is 648 g/mol. The molecule has 41 heavy (non-hydrogen) atoms. The van der Waals surface area contributed by atoms with Crippen LogP contribution < -0.4 is 27.0 Å². The molecule has 2 aromatic heterocycles. The molecule has 2 aromatic carbocycles. The maximum absolute atomic E-state index is 14.9. The van der Waals surface area contributed by atoms with Gasteiger partial charge in [0.1, 0.15) is 23.6 Å². The minimum atomic E-state index is -1.23. The first-order valence-electron chi connectivity index (χ1n) is 12.6. The summed E-state index contributed by atoms with van der Waals surface area (Å²) in [4.78, 5) is 66.1. The Labute approximate surface area is 245 Å². The number of nitrogens with zero attached hydrogens (tertiary/aromatic N) is 4. The Hall–Kier alpha value is -4.27. The zero-order valence-corrected chi connectivity index (χ0v) is 24.4. The number of carboxylic acid groups (broad SMARTS) is 1. The van der Waals surface area contributed by atoms with Gasteiger partial charge in [0.15, 0.2) is 0 Å². The van der Waals surface area contributed by atoms with Crippen LogP contribution in [0.15, 0.2) is 56.8 Å². The van der Waals surface area contributed by atoms with Crippen molar-refractivity contribution in [2.24, 2.45) is 7.05 Å². The summed E-state index contributed by atoms with van der Waals surface area (Å²) in [7, 11) is 1.45. The molecule has 11 nitrogen and oxygen atoms in total. The van der Waals surface area contributed by atoms with Crippen LogP contribution in [0.1, 0.15) is 31.4 Å². The standard InChI is InChI=1S/C28H25FIN5O6/c1-14-24-23(25(32(3)26(14)39)31-21-10-7-16(30)11-20(21)29)27(40)35(17-8-9-17)28(41)34(24)19-6-4-5-18(12-19)33(15(2)36)13-22(37)38/h4-7,10-12,17,31H,8-9,13H2,1-3H3,(H,37,38). The number of nitrogens with one attached hydrogen (secondary N) is 1. The number of rotatable bonds is 7. The second kappa shape index (κ2) is 10.6. The van der Waals surface area contributed by atoms with Crippen LogP contribution in [0.3, 0.4) is 0 Å². The number of benzene rings is 2. The molecule has 2 heterocycles. The predicted octanol–water partition coefficient (Wildman–Crippen LogP) is 3.42. The van der Waals surface area contributed by atoms with Crippen molar-refractivity contribution < 1.29 is 19.1 Å². The van der Waals surface area contributed by atoms with Gasteiger partial charge in [-0.05, 0) is 78.8 Å². The maximum atomic E-state index is 14.9. The van der Waals surface area contributed by atoms with Gasteiger partial charge in [0, 0.05) is 34.8 Å². The number of aliphatic carboxylic acids is 1. The first kappa shape index (κ1) is 28.3. The molecule has 5 rings (SSSR count). The molecule has 13 heteroatoms. The van der Waals surface area contributed by atoms with Gasteiger partial charge in [0.25, 0.3) is 11.1 Å². The van der Waals surface area contributed by atoms with E-state index in [2.05, 4.69) is 5.32 Å². The molecule has 4 aromatic rings. The lowest BCUT2D eigenvalue weighted by Crippen LogP contribution is -2.41. The number of aromatic nitrogens is 3. The molecule has 1 fully saturated rings. The SMILES string of the molecule is CC(=O)N(CC(=O)O)c1cccc(-n2c(=O)n(C3CC3)c(=O)c3c(Nc4ccc(I)cc4F)n(C)c(=O)c(C)c32)c1. The molecule has 1 amide bonds. The number of carbonyl (C=O) groups excluding carboxylic acids is 1. The predicted molar refractivity (Wildman–Crippen MR) is 160 cm³/mol. The highest BCUT2D eigenvalue weighted by Crippen LogP contribution is 2.34. The molecule has 1 aliphatic rings. The van der Waals surface area contributed by atoms with E-state index in [1.165, 1.54) is 54.3 Å². The van der Waals surface area contributed by atoms with E-state index in [1.54, 1.807) is 18.2 Å². The largest absolute Gasteiger partial charge is 0.480 e. The molecule has 0 aliphatic heterocycles. The Bertz CT molecular complexity index is 1940. The van der Waals surface area contributed by atoms with Gasteiger partial charge >= 0.3 is 11.7 Å². The molecule has 0 spiro atoms. The van der Waals surface area contributed by atoms with Crippen LogP contribution in [0, 0.1) is 16.3 Å². The number of carboxylic acids is 1. The summed E-state index contributed by atoms with van der Waals surface area (Å²) in [5.41, 5.74) is -1.23. The molecule has 0 unspecified atom stereocenters. The summed E-state index contributed by atoms with van der Waals surface area (Å²) in [6, 6.07) is 10.2. The van der Waals surface area contributed by atoms with Gasteiger partial charge in [0.2, 0.25) is 5.91 Å². The monoisotopic (exact) mass is 673 g/mol. The minimum absolute atomic E-state index is 0.00779. The van der Waals surface area contributed by atoms with E-state index in [0.717, 1.165) is 9.47 Å². The lowest BCUT2D eigenvalue weighted by Gasteiger charge is -2.22. The summed E-state index contributed by atoms with van der Waals surface area (Å²) in [5.74, 6) is -2.34. The summed E-state index contributed by atoms with van der Waals surface area (Å²) in [6.45, 7) is 2.11. The van der Waals surface area contributed by atoms with E-state index in [4.69, 9.17) is 0 Å². The average Bonchev–Trinajstić information content (AvgIpc) is 3.75. The third-order valence-corrected chi connectivity index (χ3v) is 7.68. The lowest BCUT2D eigenvalue weighted by atomic mass is 10.1. The maximum Gasteiger partial charge on any atom is 0.336 e. The molecule has 0 atom stereocenters. The number of anilines is 3. The number of halogens is 2. The highest BCUT2D eigenvalue weighted by atomic mass is 127. The number of carbonyl (C=O) groups is 2. The highest BCUT2D eigenvalue weighted by molar-refractivity contribution is 14.1. The number of fused-ring (bicyclic) bond motifs is 1. The van der Waals surface area contributed by atoms with Crippen molar-refractivity contribution in [2.75, 3.05) is 16.8 Å². The van der Waals surface area contributed by atoms with Crippen LogP contribution >= 0.6 is 22.6 Å². The number of amides is 1. The molecule has 1 saturated carbocycles. The fraction of sp³-hybridized carbons (Fsp3) is 0.250. The lowest BCUT2D eigenvalue weighted by molar-refractivity contribution is -0.136. The number of hydrogen-bond donors (Lipinski definition) is 2. The van der Waals surface area contributed by atoms with Crippen LogP contribution in [0.2, 0.25) is 0 Å².